The Morgan fingerprint density at radius 3 is 2.29 bits per heavy atom. The van der Waals surface area contributed by atoms with E-state index in [1.165, 1.54) is 4.31 Å². The smallest absolute Gasteiger partial charge is 0.262 e. The fourth-order valence-electron chi connectivity index (χ4n) is 7.02. The van der Waals surface area contributed by atoms with E-state index in [2.05, 4.69) is 5.32 Å². The molecule has 5 aliphatic carbocycles. The van der Waals surface area contributed by atoms with Crippen LogP contribution in [0, 0.1) is 23.2 Å². The molecule has 9 heteroatoms. The van der Waals surface area contributed by atoms with Gasteiger partial charge in [-0.1, -0.05) is 12.1 Å². The van der Waals surface area contributed by atoms with Gasteiger partial charge in [0.15, 0.2) is 0 Å². The number of nitrogens with two attached hydrogens (primary N) is 2. The van der Waals surface area contributed by atoms with Crippen molar-refractivity contribution in [3.05, 3.63) is 24.3 Å². The van der Waals surface area contributed by atoms with Crippen LogP contribution in [-0.4, -0.2) is 32.2 Å². The lowest BCUT2D eigenvalue weighted by atomic mass is 9.47. The lowest BCUT2D eigenvalue weighted by molar-refractivity contribution is -0.148. The molecular formula is C22H30N4O4S. The molecule has 0 aromatic heterocycles. The maximum absolute atomic E-state index is 13.7. The molecule has 1 aromatic carbocycles. The first-order valence-corrected chi connectivity index (χ1v) is 12.2. The van der Waals surface area contributed by atoms with Crippen molar-refractivity contribution in [2.75, 3.05) is 10.0 Å². The Morgan fingerprint density at radius 1 is 1.13 bits per heavy atom. The van der Waals surface area contributed by atoms with Crippen molar-refractivity contribution < 1.29 is 18.4 Å². The Labute approximate surface area is 184 Å². The number of carbonyl (C=O) groups is 2. The number of carbonyl (C=O) groups excluding carboxylic acids is 2. The number of anilines is 2. The Balaban J connectivity index is 1.41. The minimum Gasteiger partial charge on any atom is -0.397 e. The number of hydrogen-bond donors (Lipinski definition) is 4. The summed E-state index contributed by atoms with van der Waals surface area (Å²) in [6, 6.07) is 6.83. The van der Waals surface area contributed by atoms with Crippen LogP contribution in [-0.2, 0) is 20.9 Å². The number of rotatable bonds is 6. The Morgan fingerprint density at radius 2 is 1.77 bits per heavy atom. The Bertz CT molecular complexity index is 933. The molecule has 0 radical (unpaired) electrons. The average molecular weight is 447 g/mol. The number of amides is 2. The molecule has 31 heavy (non-hydrogen) atoms. The summed E-state index contributed by atoms with van der Waals surface area (Å²) in [7, 11) is 0. The summed E-state index contributed by atoms with van der Waals surface area (Å²) in [6.45, 7) is 0. The van der Waals surface area contributed by atoms with Gasteiger partial charge in [0.1, 0.15) is 5.54 Å². The number of nitrogen functional groups attached to an aromatic ring is 1. The molecule has 6 rings (SSSR count). The normalized spacial score (nSPS) is 35.8. The molecule has 4 bridgehead atoms. The third-order valence-electron chi connectivity index (χ3n) is 8.40. The standard InChI is InChI=1S/C22H30N4O4S/c23-16-4-1-2-5-17(16)26(31(29)30)22(6-3-7-22)20(28)25-18-14-8-13-9-15(18)12-21(10-13,11-14)19(24)27/h1-2,4-5,13-15,18H,3,6-12,23H2,(H2,24,27)(H,25,28)(H,29,30). The summed E-state index contributed by atoms with van der Waals surface area (Å²) < 4.78 is 23.8. The first kappa shape index (κ1) is 20.8. The SMILES string of the molecule is NC(=O)C12CC3CC(C1)C(NC(=O)C1(N(c4ccccc4N)S(=O)O)CCC1)C(C3)C2. The number of primary amides is 1. The summed E-state index contributed by atoms with van der Waals surface area (Å²) in [5.74, 6) is 0.550. The van der Waals surface area contributed by atoms with Gasteiger partial charge in [-0.3, -0.25) is 18.4 Å². The van der Waals surface area contributed by atoms with Crippen LogP contribution >= 0.6 is 0 Å². The van der Waals surface area contributed by atoms with Crippen molar-refractivity contribution >= 4 is 34.5 Å². The van der Waals surface area contributed by atoms with Crippen molar-refractivity contribution in [2.45, 2.75) is 62.9 Å². The van der Waals surface area contributed by atoms with Crippen LogP contribution < -0.4 is 21.1 Å². The molecule has 1 aromatic rings. The number of hydrogen-bond acceptors (Lipinski definition) is 4. The zero-order chi connectivity index (χ0) is 22.0. The number of nitrogens with one attached hydrogen (secondary N) is 1. The Kier molecular flexibility index (Phi) is 4.82. The molecule has 0 heterocycles. The summed E-state index contributed by atoms with van der Waals surface area (Å²) in [4.78, 5) is 25.9. The van der Waals surface area contributed by atoms with E-state index in [9.17, 15) is 18.4 Å². The molecule has 6 N–H and O–H groups in total. The second kappa shape index (κ2) is 7.20. The predicted molar refractivity (Wildman–Crippen MR) is 118 cm³/mol. The van der Waals surface area contributed by atoms with Crippen LogP contribution in [0.4, 0.5) is 11.4 Å². The zero-order valence-electron chi connectivity index (χ0n) is 17.5. The van der Waals surface area contributed by atoms with Gasteiger partial charge in [-0.15, -0.1) is 0 Å². The van der Waals surface area contributed by atoms with Gasteiger partial charge in [-0.05, 0) is 81.3 Å². The van der Waals surface area contributed by atoms with Crippen molar-refractivity contribution in [2.24, 2.45) is 28.9 Å². The average Bonchev–Trinajstić information content (AvgIpc) is 2.67. The molecule has 2 amide bonds. The van der Waals surface area contributed by atoms with Crippen LogP contribution in [0.1, 0.15) is 51.4 Å². The van der Waals surface area contributed by atoms with Gasteiger partial charge in [0.05, 0.1) is 11.4 Å². The largest absolute Gasteiger partial charge is 0.397 e. The molecule has 3 unspecified atom stereocenters. The molecule has 0 aliphatic heterocycles. The molecule has 5 saturated carbocycles. The highest BCUT2D eigenvalue weighted by atomic mass is 32.2. The molecule has 168 valence electrons. The van der Waals surface area contributed by atoms with Crippen LogP contribution in [0.3, 0.4) is 0 Å². The first-order valence-electron chi connectivity index (χ1n) is 11.1. The van der Waals surface area contributed by atoms with E-state index in [1.807, 2.05) is 0 Å². The molecule has 8 nitrogen and oxygen atoms in total. The minimum atomic E-state index is -2.40. The lowest BCUT2D eigenvalue weighted by Crippen LogP contribution is -2.68. The maximum Gasteiger partial charge on any atom is 0.262 e. The molecule has 0 saturated heterocycles. The van der Waals surface area contributed by atoms with E-state index >= 15 is 0 Å². The fraction of sp³-hybridized carbons (Fsp3) is 0.636. The van der Waals surface area contributed by atoms with E-state index in [0.717, 1.165) is 38.5 Å². The highest BCUT2D eigenvalue weighted by Gasteiger charge is 2.60. The lowest BCUT2D eigenvalue weighted by Gasteiger charge is -2.59. The molecule has 5 aliphatic rings. The van der Waals surface area contributed by atoms with Crippen LogP contribution in [0.5, 0.6) is 0 Å². The predicted octanol–water partition coefficient (Wildman–Crippen LogP) is 1.93. The van der Waals surface area contributed by atoms with Crippen molar-refractivity contribution in [1.29, 1.82) is 0 Å². The quantitative estimate of drug-likeness (QED) is 0.391. The number of nitrogens with zero attached hydrogens (tertiary/aromatic N) is 1. The molecule has 5 fully saturated rings. The fourth-order valence-corrected chi connectivity index (χ4v) is 7.92. The van der Waals surface area contributed by atoms with Gasteiger partial charge in [0.25, 0.3) is 11.3 Å². The third-order valence-corrected chi connectivity index (χ3v) is 9.26. The van der Waals surface area contributed by atoms with Crippen molar-refractivity contribution in [3.8, 4) is 0 Å². The first-order chi connectivity index (χ1) is 14.8. The molecule has 0 spiro atoms. The van der Waals surface area contributed by atoms with E-state index in [4.69, 9.17) is 11.5 Å². The number of para-hydroxylation sites is 2. The van der Waals surface area contributed by atoms with Gasteiger partial charge in [-0.25, -0.2) is 4.21 Å². The van der Waals surface area contributed by atoms with Gasteiger partial charge in [0, 0.05) is 11.5 Å². The summed E-state index contributed by atoms with van der Waals surface area (Å²) in [5, 5.41) is 3.27. The molecular weight excluding hydrogens is 416 g/mol. The van der Waals surface area contributed by atoms with Gasteiger partial charge in [-0.2, -0.15) is 0 Å². The minimum absolute atomic E-state index is 0.0175. The highest BCUT2D eigenvalue weighted by Crippen LogP contribution is 2.60. The van der Waals surface area contributed by atoms with Gasteiger partial charge >= 0.3 is 0 Å². The third kappa shape index (κ3) is 3.08. The summed E-state index contributed by atoms with van der Waals surface area (Å²) in [6.07, 6.45) is 6.14. The summed E-state index contributed by atoms with van der Waals surface area (Å²) >= 11 is -2.40. The van der Waals surface area contributed by atoms with Gasteiger partial charge < -0.3 is 16.8 Å². The van der Waals surface area contributed by atoms with Crippen LogP contribution in [0.15, 0.2) is 24.3 Å². The van der Waals surface area contributed by atoms with E-state index in [1.54, 1.807) is 24.3 Å². The Hall–Kier alpha value is -2.13. The summed E-state index contributed by atoms with van der Waals surface area (Å²) in [5.41, 5.74) is 11.1. The van der Waals surface area contributed by atoms with E-state index in [0.29, 0.717) is 30.1 Å². The maximum atomic E-state index is 13.7. The van der Waals surface area contributed by atoms with Crippen molar-refractivity contribution in [3.63, 3.8) is 0 Å². The monoisotopic (exact) mass is 446 g/mol. The molecule has 3 atom stereocenters. The van der Waals surface area contributed by atoms with Crippen LogP contribution in [0.25, 0.3) is 0 Å². The topological polar surface area (TPSA) is 139 Å². The number of benzene rings is 1. The second-order valence-corrected chi connectivity index (χ2v) is 10.9. The zero-order valence-corrected chi connectivity index (χ0v) is 18.3. The van der Waals surface area contributed by atoms with Gasteiger partial charge in [0.2, 0.25) is 11.8 Å². The van der Waals surface area contributed by atoms with E-state index in [-0.39, 0.29) is 29.7 Å². The van der Waals surface area contributed by atoms with Crippen LogP contribution in [0.2, 0.25) is 0 Å². The highest BCUT2D eigenvalue weighted by molar-refractivity contribution is 7.80. The van der Waals surface area contributed by atoms with Crippen molar-refractivity contribution in [1.82, 2.24) is 5.32 Å². The second-order valence-electron chi connectivity index (χ2n) is 10.1. The van der Waals surface area contributed by atoms with E-state index < -0.39 is 22.2 Å².